The van der Waals surface area contributed by atoms with Crippen LogP contribution in [0.2, 0.25) is 0 Å². The summed E-state index contributed by atoms with van der Waals surface area (Å²) in [5.74, 6) is -1.29. The van der Waals surface area contributed by atoms with Gasteiger partial charge in [0.1, 0.15) is 35.3 Å². The third-order valence-electron chi connectivity index (χ3n) is 6.87. The fourth-order valence-corrected chi connectivity index (χ4v) is 5.24. The summed E-state index contributed by atoms with van der Waals surface area (Å²) in [6, 6.07) is 13.4. The standard InChI is InChI=1S/C27H24FN7O4/c28-19-12-15(6-7-17(19)18-13-33(8-10-36)26-20(18)24(29)31-14-32-26)23-22-21(25(30)37)27(38)35(34(22)9-11-39-23)16-4-2-1-3-5-16/h1-7,12-14,23,36H,8-11H2,(H2,30,37)(H2,29,31,32). The van der Waals surface area contributed by atoms with E-state index >= 15 is 4.39 Å². The highest BCUT2D eigenvalue weighted by atomic mass is 19.1. The van der Waals surface area contributed by atoms with Gasteiger partial charge in [-0.2, -0.15) is 0 Å². The Morgan fingerprint density at radius 2 is 1.95 bits per heavy atom. The second-order valence-corrected chi connectivity index (χ2v) is 9.11. The maximum absolute atomic E-state index is 15.8. The van der Waals surface area contributed by atoms with E-state index in [2.05, 4.69) is 9.97 Å². The van der Waals surface area contributed by atoms with Crippen molar-refractivity contribution in [3.05, 3.63) is 94.0 Å². The Morgan fingerprint density at radius 1 is 1.15 bits per heavy atom. The highest BCUT2D eigenvalue weighted by molar-refractivity contribution is 6.00. The van der Waals surface area contributed by atoms with Crippen LogP contribution in [0.15, 0.2) is 65.8 Å². The molecule has 198 valence electrons. The number of aliphatic hydroxyl groups is 1. The molecule has 1 amide bonds. The number of primary amides is 1. The molecule has 5 aromatic rings. The molecule has 12 heteroatoms. The van der Waals surface area contributed by atoms with Gasteiger partial charge in [-0.15, -0.1) is 0 Å². The Morgan fingerprint density at radius 3 is 2.67 bits per heavy atom. The molecule has 0 saturated heterocycles. The summed E-state index contributed by atoms with van der Waals surface area (Å²) in [6.45, 7) is 0.630. The maximum Gasteiger partial charge on any atom is 0.284 e. The maximum atomic E-state index is 15.8. The zero-order valence-corrected chi connectivity index (χ0v) is 20.6. The minimum atomic E-state index is -0.911. The van der Waals surface area contributed by atoms with Crippen LogP contribution in [0, 0.1) is 5.82 Å². The lowest BCUT2D eigenvalue weighted by molar-refractivity contribution is 0.0389. The van der Waals surface area contributed by atoms with E-state index in [4.69, 9.17) is 16.2 Å². The van der Waals surface area contributed by atoms with Crippen molar-refractivity contribution in [2.45, 2.75) is 19.2 Å². The van der Waals surface area contributed by atoms with Gasteiger partial charge in [0.25, 0.3) is 11.5 Å². The molecular weight excluding hydrogens is 505 g/mol. The molecule has 0 radical (unpaired) electrons. The van der Waals surface area contributed by atoms with Gasteiger partial charge in [-0.05, 0) is 23.8 Å². The monoisotopic (exact) mass is 529 g/mol. The summed E-state index contributed by atoms with van der Waals surface area (Å²) >= 11 is 0. The van der Waals surface area contributed by atoms with Gasteiger partial charge in [-0.1, -0.05) is 30.3 Å². The van der Waals surface area contributed by atoms with Gasteiger partial charge >= 0.3 is 0 Å². The van der Waals surface area contributed by atoms with Crippen LogP contribution in [0.1, 0.15) is 27.7 Å². The Balaban J connectivity index is 1.49. The number of nitrogen functional groups attached to an aromatic ring is 1. The number of aliphatic hydroxyl groups excluding tert-OH is 1. The lowest BCUT2D eigenvalue weighted by Crippen LogP contribution is -2.28. The van der Waals surface area contributed by atoms with E-state index < -0.39 is 23.4 Å². The van der Waals surface area contributed by atoms with Crippen LogP contribution in [0.25, 0.3) is 27.8 Å². The Labute approximate surface area is 220 Å². The molecule has 0 saturated carbocycles. The highest BCUT2D eigenvalue weighted by Crippen LogP contribution is 2.37. The molecule has 1 aliphatic rings. The Bertz CT molecular complexity index is 1790. The third-order valence-corrected chi connectivity index (χ3v) is 6.87. The van der Waals surface area contributed by atoms with E-state index in [9.17, 15) is 14.7 Å². The lowest BCUT2D eigenvalue weighted by atomic mass is 9.97. The lowest BCUT2D eigenvalue weighted by Gasteiger charge is -2.27. The van der Waals surface area contributed by atoms with Crippen molar-refractivity contribution in [3.63, 3.8) is 0 Å². The second kappa shape index (κ2) is 9.49. The van der Waals surface area contributed by atoms with Gasteiger partial charge in [0.15, 0.2) is 0 Å². The van der Waals surface area contributed by atoms with E-state index in [1.165, 1.54) is 17.1 Å². The van der Waals surface area contributed by atoms with Crippen LogP contribution >= 0.6 is 0 Å². The molecule has 39 heavy (non-hydrogen) atoms. The zero-order chi connectivity index (χ0) is 27.3. The van der Waals surface area contributed by atoms with E-state index in [-0.39, 0.29) is 42.4 Å². The summed E-state index contributed by atoms with van der Waals surface area (Å²) in [6.07, 6.45) is 2.07. The molecule has 4 heterocycles. The van der Waals surface area contributed by atoms with Crippen molar-refractivity contribution >= 4 is 22.8 Å². The van der Waals surface area contributed by atoms with E-state index in [0.717, 1.165) is 0 Å². The molecule has 1 aliphatic heterocycles. The predicted molar refractivity (Wildman–Crippen MR) is 141 cm³/mol. The molecular formula is C27H24FN7O4. The molecule has 5 N–H and O–H groups in total. The van der Waals surface area contributed by atoms with E-state index in [1.807, 2.05) is 6.07 Å². The molecule has 0 aliphatic carbocycles. The largest absolute Gasteiger partial charge is 0.395 e. The van der Waals surface area contributed by atoms with Crippen LogP contribution in [-0.4, -0.2) is 48.1 Å². The number of hydrogen-bond donors (Lipinski definition) is 3. The number of nitrogens with zero attached hydrogens (tertiary/aromatic N) is 5. The number of anilines is 1. The smallest absolute Gasteiger partial charge is 0.284 e. The Hall–Kier alpha value is -4.81. The van der Waals surface area contributed by atoms with Crippen LogP contribution < -0.4 is 17.0 Å². The topological polar surface area (TPSA) is 156 Å². The second-order valence-electron chi connectivity index (χ2n) is 9.11. The molecule has 0 fully saturated rings. The minimum Gasteiger partial charge on any atom is -0.395 e. The highest BCUT2D eigenvalue weighted by Gasteiger charge is 2.34. The average molecular weight is 530 g/mol. The van der Waals surface area contributed by atoms with Gasteiger partial charge < -0.3 is 25.9 Å². The zero-order valence-electron chi connectivity index (χ0n) is 20.6. The van der Waals surface area contributed by atoms with Crippen molar-refractivity contribution in [2.24, 2.45) is 5.73 Å². The number of carbonyl (C=O) groups is 1. The summed E-state index contributed by atoms with van der Waals surface area (Å²) in [5.41, 5.74) is 13.4. The van der Waals surface area contributed by atoms with Gasteiger partial charge in [0.05, 0.1) is 36.5 Å². The van der Waals surface area contributed by atoms with Crippen LogP contribution in [-0.2, 0) is 17.8 Å². The number of rotatable bonds is 6. The summed E-state index contributed by atoms with van der Waals surface area (Å²) < 4.78 is 26.5. The first kappa shape index (κ1) is 24.5. The number of halogens is 1. The molecule has 1 atom stereocenters. The number of nitrogens with two attached hydrogens (primary N) is 2. The van der Waals surface area contributed by atoms with E-state index in [1.54, 1.807) is 51.8 Å². The number of benzene rings is 2. The summed E-state index contributed by atoms with van der Waals surface area (Å²) in [4.78, 5) is 34.1. The van der Waals surface area contributed by atoms with Crippen LogP contribution in [0.3, 0.4) is 0 Å². The first-order valence-electron chi connectivity index (χ1n) is 12.2. The van der Waals surface area contributed by atoms with Gasteiger partial charge in [-0.25, -0.2) is 19.0 Å². The normalized spacial score (nSPS) is 15.0. The van der Waals surface area contributed by atoms with Gasteiger partial charge in [-0.3, -0.25) is 14.3 Å². The number of ether oxygens (including phenoxy) is 1. The number of aromatic nitrogens is 5. The number of fused-ring (bicyclic) bond motifs is 2. The molecule has 6 rings (SSSR count). The van der Waals surface area contributed by atoms with Crippen LogP contribution in [0.4, 0.5) is 10.2 Å². The first-order valence-corrected chi connectivity index (χ1v) is 12.2. The summed E-state index contributed by atoms with van der Waals surface area (Å²) in [5, 5.41) is 9.93. The SMILES string of the molecule is NC(=O)c1c2n(n(-c3ccccc3)c1=O)CCOC2c1ccc(-c2cn(CCO)c3ncnc(N)c23)c(F)c1. The van der Waals surface area contributed by atoms with Gasteiger partial charge in [0.2, 0.25) is 0 Å². The number of carbonyl (C=O) groups excluding carboxylic acids is 1. The minimum absolute atomic E-state index is 0.139. The number of amides is 1. The van der Waals surface area contributed by atoms with E-state index in [0.29, 0.717) is 34.4 Å². The third kappa shape index (κ3) is 3.88. The predicted octanol–water partition coefficient (Wildman–Crippen LogP) is 1.98. The summed E-state index contributed by atoms with van der Waals surface area (Å²) in [7, 11) is 0. The van der Waals surface area contributed by atoms with Crippen molar-refractivity contribution in [2.75, 3.05) is 18.9 Å². The number of hydrogen-bond acceptors (Lipinski definition) is 7. The molecule has 2 aromatic carbocycles. The van der Waals surface area contributed by atoms with Crippen molar-refractivity contribution in [1.82, 2.24) is 23.9 Å². The molecule has 3 aromatic heterocycles. The molecule has 0 spiro atoms. The van der Waals surface area contributed by atoms with Crippen molar-refractivity contribution in [3.8, 4) is 16.8 Å². The van der Waals surface area contributed by atoms with Crippen molar-refractivity contribution < 1.29 is 19.0 Å². The Kier molecular flexibility index (Phi) is 5.97. The molecule has 11 nitrogen and oxygen atoms in total. The fourth-order valence-electron chi connectivity index (χ4n) is 5.24. The quantitative estimate of drug-likeness (QED) is 0.304. The average Bonchev–Trinajstić information content (AvgIpc) is 3.44. The molecule has 0 bridgehead atoms. The fraction of sp³-hybridized carbons (Fsp3) is 0.185. The number of para-hydroxylation sites is 1. The molecule has 1 unspecified atom stereocenters. The van der Waals surface area contributed by atoms with Crippen LogP contribution in [0.5, 0.6) is 0 Å². The first-order chi connectivity index (χ1) is 18.9. The van der Waals surface area contributed by atoms with Gasteiger partial charge in [0, 0.05) is 23.9 Å². The van der Waals surface area contributed by atoms with Crippen molar-refractivity contribution in [1.29, 1.82) is 0 Å².